The van der Waals surface area contributed by atoms with Gasteiger partial charge in [-0.1, -0.05) is 6.92 Å². The molecule has 1 rings (SSSR count). The number of hydrogen-bond donors (Lipinski definition) is 2. The summed E-state index contributed by atoms with van der Waals surface area (Å²) in [4.78, 5) is 12.4. The molecule has 3 nitrogen and oxygen atoms in total. The summed E-state index contributed by atoms with van der Waals surface area (Å²) in [6.45, 7) is 4.39. The van der Waals surface area contributed by atoms with Gasteiger partial charge in [0.2, 0.25) is 5.91 Å². The van der Waals surface area contributed by atoms with E-state index in [1.807, 2.05) is 5.38 Å². The Labute approximate surface area is 88.3 Å². The van der Waals surface area contributed by atoms with Gasteiger partial charge in [0, 0.05) is 4.88 Å². The van der Waals surface area contributed by atoms with E-state index in [0.717, 1.165) is 6.42 Å². The standard InChI is InChI=1S/C10H16N2OS/c1-3-8-4-5-14-9(8)6-12-10(13)7(2)11/h4-5,7H,3,6,11H2,1-2H3,(H,12,13)/t7-/m0/s1. The number of amides is 1. The molecule has 4 heteroatoms. The molecule has 1 atom stereocenters. The number of rotatable bonds is 4. The summed E-state index contributed by atoms with van der Waals surface area (Å²) >= 11 is 1.67. The van der Waals surface area contributed by atoms with Crippen LogP contribution in [0, 0.1) is 0 Å². The summed E-state index contributed by atoms with van der Waals surface area (Å²) in [7, 11) is 0. The van der Waals surface area contributed by atoms with Crippen molar-refractivity contribution in [2.24, 2.45) is 5.73 Å². The molecule has 0 spiro atoms. The van der Waals surface area contributed by atoms with Gasteiger partial charge in [0.05, 0.1) is 12.6 Å². The average Bonchev–Trinajstić information content (AvgIpc) is 2.60. The number of nitrogens with one attached hydrogen (secondary N) is 1. The van der Waals surface area contributed by atoms with Gasteiger partial charge in [0.25, 0.3) is 0 Å². The maximum absolute atomic E-state index is 11.2. The number of thiophene rings is 1. The van der Waals surface area contributed by atoms with Crippen LogP contribution in [0.2, 0.25) is 0 Å². The molecule has 14 heavy (non-hydrogen) atoms. The fourth-order valence-electron chi connectivity index (χ4n) is 1.17. The quantitative estimate of drug-likeness (QED) is 0.789. The average molecular weight is 212 g/mol. The lowest BCUT2D eigenvalue weighted by Gasteiger charge is -2.07. The van der Waals surface area contributed by atoms with Crippen LogP contribution in [0.1, 0.15) is 24.3 Å². The maximum Gasteiger partial charge on any atom is 0.236 e. The molecular formula is C10H16N2OS. The van der Waals surface area contributed by atoms with E-state index in [2.05, 4.69) is 18.3 Å². The first-order valence-corrected chi connectivity index (χ1v) is 5.61. The van der Waals surface area contributed by atoms with Crippen molar-refractivity contribution < 1.29 is 4.79 Å². The molecule has 0 unspecified atom stereocenters. The zero-order chi connectivity index (χ0) is 10.6. The highest BCUT2D eigenvalue weighted by Gasteiger charge is 2.08. The third-order valence-electron chi connectivity index (χ3n) is 2.06. The second-order valence-electron chi connectivity index (χ2n) is 3.23. The Morgan fingerprint density at radius 3 is 3.00 bits per heavy atom. The molecule has 0 fully saturated rings. The number of carbonyl (C=O) groups excluding carboxylic acids is 1. The van der Waals surface area contributed by atoms with Crippen LogP contribution in [-0.4, -0.2) is 11.9 Å². The van der Waals surface area contributed by atoms with Crippen LogP contribution in [0.4, 0.5) is 0 Å². The molecule has 3 N–H and O–H groups in total. The zero-order valence-corrected chi connectivity index (χ0v) is 9.36. The van der Waals surface area contributed by atoms with Crippen molar-refractivity contribution in [2.75, 3.05) is 0 Å². The molecule has 0 saturated carbocycles. The van der Waals surface area contributed by atoms with Crippen LogP contribution < -0.4 is 11.1 Å². The van der Waals surface area contributed by atoms with Crippen LogP contribution in [0.5, 0.6) is 0 Å². The third kappa shape index (κ3) is 2.82. The Kier molecular flexibility index (Phi) is 4.10. The van der Waals surface area contributed by atoms with Crippen molar-refractivity contribution >= 4 is 17.2 Å². The molecule has 0 aliphatic heterocycles. The lowest BCUT2D eigenvalue weighted by atomic mass is 10.2. The van der Waals surface area contributed by atoms with E-state index in [-0.39, 0.29) is 5.91 Å². The molecule has 1 aromatic rings. The predicted molar refractivity (Wildman–Crippen MR) is 59.2 cm³/mol. The van der Waals surface area contributed by atoms with Gasteiger partial charge in [-0.15, -0.1) is 11.3 Å². The summed E-state index contributed by atoms with van der Waals surface area (Å²) < 4.78 is 0. The first-order chi connectivity index (χ1) is 6.65. The molecule has 0 aliphatic carbocycles. The van der Waals surface area contributed by atoms with Gasteiger partial charge in [-0.25, -0.2) is 0 Å². The molecular weight excluding hydrogens is 196 g/mol. The minimum absolute atomic E-state index is 0.0968. The van der Waals surface area contributed by atoms with E-state index in [9.17, 15) is 4.79 Å². The van der Waals surface area contributed by atoms with Crippen molar-refractivity contribution in [2.45, 2.75) is 32.9 Å². The normalized spacial score (nSPS) is 12.5. The first kappa shape index (κ1) is 11.2. The summed E-state index contributed by atoms with van der Waals surface area (Å²) in [6, 6.07) is 1.66. The molecule has 0 aromatic carbocycles. The summed E-state index contributed by atoms with van der Waals surface area (Å²) in [6.07, 6.45) is 1.01. The Hall–Kier alpha value is -0.870. The largest absolute Gasteiger partial charge is 0.350 e. The Morgan fingerprint density at radius 2 is 2.43 bits per heavy atom. The number of aryl methyl sites for hydroxylation is 1. The van der Waals surface area contributed by atoms with E-state index in [0.29, 0.717) is 6.54 Å². The van der Waals surface area contributed by atoms with Gasteiger partial charge in [-0.3, -0.25) is 4.79 Å². The Morgan fingerprint density at radius 1 is 1.71 bits per heavy atom. The van der Waals surface area contributed by atoms with E-state index in [1.165, 1.54) is 10.4 Å². The smallest absolute Gasteiger partial charge is 0.236 e. The SMILES string of the molecule is CCc1ccsc1CNC(=O)[C@H](C)N. The monoisotopic (exact) mass is 212 g/mol. The molecule has 1 aromatic heterocycles. The van der Waals surface area contributed by atoms with Crippen LogP contribution in [-0.2, 0) is 17.8 Å². The van der Waals surface area contributed by atoms with Gasteiger partial charge < -0.3 is 11.1 Å². The molecule has 0 saturated heterocycles. The highest BCUT2D eigenvalue weighted by molar-refractivity contribution is 7.10. The molecule has 0 aliphatic rings. The van der Waals surface area contributed by atoms with Crippen LogP contribution in [0.3, 0.4) is 0 Å². The van der Waals surface area contributed by atoms with Gasteiger partial charge in [0.15, 0.2) is 0 Å². The zero-order valence-electron chi connectivity index (χ0n) is 8.54. The minimum Gasteiger partial charge on any atom is -0.350 e. The second-order valence-corrected chi connectivity index (χ2v) is 4.23. The number of carbonyl (C=O) groups is 1. The van der Waals surface area contributed by atoms with Crippen LogP contribution in [0.15, 0.2) is 11.4 Å². The number of nitrogens with two attached hydrogens (primary N) is 1. The number of hydrogen-bond acceptors (Lipinski definition) is 3. The molecule has 1 heterocycles. The van der Waals surface area contributed by atoms with Gasteiger partial charge >= 0.3 is 0 Å². The van der Waals surface area contributed by atoms with Crippen LogP contribution >= 0.6 is 11.3 Å². The van der Waals surface area contributed by atoms with E-state index in [1.54, 1.807) is 18.3 Å². The predicted octanol–water partition coefficient (Wildman–Crippen LogP) is 1.27. The molecule has 0 bridgehead atoms. The van der Waals surface area contributed by atoms with E-state index >= 15 is 0 Å². The van der Waals surface area contributed by atoms with Crippen molar-refractivity contribution in [3.63, 3.8) is 0 Å². The lowest BCUT2D eigenvalue weighted by molar-refractivity contribution is -0.122. The summed E-state index contributed by atoms with van der Waals surface area (Å²) in [5.41, 5.74) is 6.74. The van der Waals surface area contributed by atoms with Crippen LogP contribution in [0.25, 0.3) is 0 Å². The topological polar surface area (TPSA) is 55.1 Å². The summed E-state index contributed by atoms with van der Waals surface area (Å²) in [5.74, 6) is -0.0968. The summed E-state index contributed by atoms with van der Waals surface area (Å²) in [5, 5.41) is 4.85. The lowest BCUT2D eigenvalue weighted by Crippen LogP contribution is -2.37. The van der Waals surface area contributed by atoms with Crippen molar-refractivity contribution in [1.82, 2.24) is 5.32 Å². The molecule has 1 amide bonds. The third-order valence-corrected chi connectivity index (χ3v) is 3.02. The second kappa shape index (κ2) is 5.12. The highest BCUT2D eigenvalue weighted by Crippen LogP contribution is 2.16. The molecule has 78 valence electrons. The molecule has 0 radical (unpaired) electrons. The first-order valence-electron chi connectivity index (χ1n) is 4.73. The van der Waals surface area contributed by atoms with Gasteiger partial charge in [0.1, 0.15) is 0 Å². The van der Waals surface area contributed by atoms with E-state index in [4.69, 9.17) is 5.73 Å². The van der Waals surface area contributed by atoms with Gasteiger partial charge in [-0.2, -0.15) is 0 Å². The fraction of sp³-hybridized carbons (Fsp3) is 0.500. The van der Waals surface area contributed by atoms with Crippen molar-refractivity contribution in [3.05, 3.63) is 21.9 Å². The van der Waals surface area contributed by atoms with E-state index < -0.39 is 6.04 Å². The maximum atomic E-state index is 11.2. The Bertz CT molecular complexity index is 307. The highest BCUT2D eigenvalue weighted by atomic mass is 32.1. The fourth-order valence-corrected chi connectivity index (χ4v) is 2.08. The van der Waals surface area contributed by atoms with Crippen molar-refractivity contribution in [3.8, 4) is 0 Å². The van der Waals surface area contributed by atoms with Gasteiger partial charge in [-0.05, 0) is 30.4 Å². The minimum atomic E-state index is -0.431. The van der Waals surface area contributed by atoms with Crippen molar-refractivity contribution in [1.29, 1.82) is 0 Å². The Balaban J connectivity index is 2.49.